The lowest BCUT2D eigenvalue weighted by Gasteiger charge is -2.08. The van der Waals surface area contributed by atoms with Crippen LogP contribution in [0.3, 0.4) is 0 Å². The van der Waals surface area contributed by atoms with Crippen LogP contribution in [0.25, 0.3) is 22.1 Å². The lowest BCUT2D eigenvalue weighted by atomic mass is 10.2. The van der Waals surface area contributed by atoms with Gasteiger partial charge in [-0.3, -0.25) is 0 Å². The van der Waals surface area contributed by atoms with Crippen molar-refractivity contribution in [3.63, 3.8) is 0 Å². The summed E-state index contributed by atoms with van der Waals surface area (Å²) in [6, 6.07) is 26.3. The van der Waals surface area contributed by atoms with Gasteiger partial charge in [-0.2, -0.15) is 10.1 Å². The molecular formula is C26H24N6O. The average molecular weight is 437 g/mol. The lowest BCUT2D eigenvalue weighted by molar-refractivity contribution is 0.317. The van der Waals surface area contributed by atoms with Crippen LogP contribution >= 0.6 is 0 Å². The SMILES string of the molecule is CCCOc1ccccc1C=NNc1nnc2c3ccccc3n(Cc3ccccc3)c2n1. The summed E-state index contributed by atoms with van der Waals surface area (Å²) >= 11 is 0. The number of aromatic nitrogens is 4. The maximum Gasteiger partial charge on any atom is 0.265 e. The van der Waals surface area contributed by atoms with Crippen LogP contribution in [0.2, 0.25) is 0 Å². The molecule has 0 radical (unpaired) electrons. The van der Waals surface area contributed by atoms with E-state index in [9.17, 15) is 0 Å². The Morgan fingerprint density at radius 2 is 1.73 bits per heavy atom. The van der Waals surface area contributed by atoms with Gasteiger partial charge < -0.3 is 9.30 Å². The van der Waals surface area contributed by atoms with Crippen molar-refractivity contribution >= 4 is 34.2 Å². The van der Waals surface area contributed by atoms with Gasteiger partial charge in [0.25, 0.3) is 5.95 Å². The molecule has 0 aliphatic rings. The van der Waals surface area contributed by atoms with Gasteiger partial charge in [-0.15, -0.1) is 10.2 Å². The van der Waals surface area contributed by atoms with E-state index in [1.54, 1.807) is 6.21 Å². The summed E-state index contributed by atoms with van der Waals surface area (Å²) in [5, 5.41) is 14.1. The van der Waals surface area contributed by atoms with E-state index in [0.717, 1.165) is 39.8 Å². The molecule has 1 N–H and O–H groups in total. The van der Waals surface area contributed by atoms with Gasteiger partial charge in [-0.1, -0.05) is 67.6 Å². The fourth-order valence-electron chi connectivity index (χ4n) is 3.77. The number of fused-ring (bicyclic) bond motifs is 3. The molecule has 5 aromatic rings. The molecular weight excluding hydrogens is 412 g/mol. The van der Waals surface area contributed by atoms with Gasteiger partial charge >= 0.3 is 0 Å². The van der Waals surface area contributed by atoms with Gasteiger partial charge in [0.1, 0.15) is 11.3 Å². The predicted octanol–water partition coefficient (Wildman–Crippen LogP) is 5.26. The number of benzene rings is 3. The molecule has 2 aromatic heterocycles. The molecule has 0 amide bonds. The number of hydrogen-bond donors (Lipinski definition) is 1. The molecule has 0 aliphatic carbocycles. The molecule has 0 saturated heterocycles. The number of nitrogens with zero attached hydrogens (tertiary/aromatic N) is 5. The average Bonchev–Trinajstić information content (AvgIpc) is 3.17. The van der Waals surface area contributed by atoms with Crippen LogP contribution in [0, 0.1) is 0 Å². The van der Waals surface area contributed by atoms with Gasteiger partial charge in [0.15, 0.2) is 5.65 Å². The van der Waals surface area contributed by atoms with Gasteiger partial charge in [0.05, 0.1) is 18.3 Å². The maximum atomic E-state index is 5.79. The van der Waals surface area contributed by atoms with Crippen molar-refractivity contribution in [2.24, 2.45) is 5.10 Å². The van der Waals surface area contributed by atoms with Gasteiger partial charge in [-0.05, 0) is 30.2 Å². The highest BCUT2D eigenvalue weighted by Gasteiger charge is 2.14. The third-order valence-corrected chi connectivity index (χ3v) is 5.31. The molecule has 0 bridgehead atoms. The number of anilines is 1. The second kappa shape index (κ2) is 9.48. The Labute approximate surface area is 191 Å². The summed E-state index contributed by atoms with van der Waals surface area (Å²) in [4.78, 5) is 4.75. The molecule has 3 aromatic carbocycles. The number of rotatable bonds is 8. The van der Waals surface area contributed by atoms with Crippen molar-refractivity contribution in [2.75, 3.05) is 12.0 Å². The van der Waals surface area contributed by atoms with E-state index >= 15 is 0 Å². The standard InChI is InChI=1S/C26H24N6O/c1-2-16-33-23-15-9-6-12-20(23)17-27-30-26-28-25-24(29-31-26)21-13-7-8-14-22(21)32(25)18-19-10-4-3-5-11-19/h3-15,17H,2,16,18H2,1H3,(H,28,30,31). The third-order valence-electron chi connectivity index (χ3n) is 5.31. The summed E-state index contributed by atoms with van der Waals surface area (Å²) in [6.45, 7) is 3.43. The Hall–Kier alpha value is -4.26. The first-order valence-electron chi connectivity index (χ1n) is 11.0. The Kier molecular flexibility index (Phi) is 5.93. The summed E-state index contributed by atoms with van der Waals surface area (Å²) < 4.78 is 7.95. The van der Waals surface area contributed by atoms with Gasteiger partial charge in [0, 0.05) is 17.5 Å². The second-order valence-electron chi connectivity index (χ2n) is 7.65. The van der Waals surface area contributed by atoms with E-state index in [1.165, 1.54) is 5.56 Å². The van der Waals surface area contributed by atoms with Crippen molar-refractivity contribution in [2.45, 2.75) is 19.9 Å². The quantitative estimate of drug-likeness (QED) is 0.265. The molecule has 0 unspecified atom stereocenters. The van der Waals surface area contributed by atoms with Crippen molar-refractivity contribution in [3.05, 3.63) is 90.0 Å². The van der Waals surface area contributed by atoms with Crippen molar-refractivity contribution in [1.82, 2.24) is 19.7 Å². The van der Waals surface area contributed by atoms with E-state index in [-0.39, 0.29) is 0 Å². The largest absolute Gasteiger partial charge is 0.493 e. The van der Waals surface area contributed by atoms with E-state index in [4.69, 9.17) is 9.72 Å². The minimum atomic E-state index is 0.336. The first-order valence-corrected chi connectivity index (χ1v) is 11.0. The Morgan fingerprint density at radius 1 is 0.939 bits per heavy atom. The minimum absolute atomic E-state index is 0.336. The Balaban J connectivity index is 1.47. The fraction of sp³-hybridized carbons (Fsp3) is 0.154. The number of para-hydroxylation sites is 2. The summed E-state index contributed by atoms with van der Waals surface area (Å²) in [6.07, 6.45) is 2.65. The zero-order chi connectivity index (χ0) is 22.5. The van der Waals surface area contributed by atoms with Crippen molar-refractivity contribution < 1.29 is 4.74 Å². The molecule has 0 atom stereocenters. The van der Waals surface area contributed by atoms with Gasteiger partial charge in [-0.25, -0.2) is 5.43 Å². The number of nitrogens with one attached hydrogen (secondary N) is 1. The van der Waals surface area contributed by atoms with Crippen LogP contribution in [-0.4, -0.2) is 32.6 Å². The smallest absolute Gasteiger partial charge is 0.265 e. The molecule has 0 aliphatic heterocycles. The number of ether oxygens (including phenoxy) is 1. The fourth-order valence-corrected chi connectivity index (χ4v) is 3.77. The van der Waals surface area contributed by atoms with E-state index in [0.29, 0.717) is 19.1 Å². The van der Waals surface area contributed by atoms with Crippen molar-refractivity contribution in [1.29, 1.82) is 0 Å². The molecule has 5 rings (SSSR count). The Morgan fingerprint density at radius 3 is 2.61 bits per heavy atom. The number of hydrogen-bond acceptors (Lipinski definition) is 6. The van der Waals surface area contributed by atoms with Crippen LogP contribution in [0.4, 0.5) is 5.95 Å². The minimum Gasteiger partial charge on any atom is -0.493 e. The highest BCUT2D eigenvalue weighted by Crippen LogP contribution is 2.27. The molecule has 0 spiro atoms. The van der Waals surface area contributed by atoms with E-state index in [2.05, 4.69) is 50.4 Å². The van der Waals surface area contributed by atoms with Crippen LogP contribution in [0.1, 0.15) is 24.5 Å². The highest BCUT2D eigenvalue weighted by molar-refractivity contribution is 6.04. The first-order chi connectivity index (χ1) is 16.3. The molecule has 7 nitrogen and oxygen atoms in total. The zero-order valence-corrected chi connectivity index (χ0v) is 18.3. The van der Waals surface area contributed by atoms with Crippen LogP contribution in [0.15, 0.2) is 84.0 Å². The molecule has 0 saturated carbocycles. The first kappa shape index (κ1) is 20.6. The highest BCUT2D eigenvalue weighted by atomic mass is 16.5. The molecule has 2 heterocycles. The summed E-state index contributed by atoms with van der Waals surface area (Å²) in [5.74, 6) is 1.13. The molecule has 0 fully saturated rings. The molecule has 7 heteroatoms. The normalized spacial score (nSPS) is 11.4. The molecule has 164 valence electrons. The van der Waals surface area contributed by atoms with Crippen molar-refractivity contribution in [3.8, 4) is 5.75 Å². The monoisotopic (exact) mass is 436 g/mol. The predicted molar refractivity (Wildman–Crippen MR) is 132 cm³/mol. The lowest BCUT2D eigenvalue weighted by Crippen LogP contribution is -2.04. The van der Waals surface area contributed by atoms with E-state index in [1.807, 2.05) is 60.7 Å². The van der Waals surface area contributed by atoms with Crippen LogP contribution < -0.4 is 10.2 Å². The maximum absolute atomic E-state index is 5.79. The number of hydrazone groups is 1. The van der Waals surface area contributed by atoms with Crippen LogP contribution in [-0.2, 0) is 6.54 Å². The van der Waals surface area contributed by atoms with Gasteiger partial charge in [0.2, 0.25) is 0 Å². The van der Waals surface area contributed by atoms with Crippen LogP contribution in [0.5, 0.6) is 5.75 Å². The summed E-state index contributed by atoms with van der Waals surface area (Å²) in [7, 11) is 0. The summed E-state index contributed by atoms with van der Waals surface area (Å²) in [5.41, 5.74) is 7.60. The second-order valence-corrected chi connectivity index (χ2v) is 7.65. The Bertz CT molecular complexity index is 1410. The molecule has 33 heavy (non-hydrogen) atoms. The third kappa shape index (κ3) is 4.39. The topological polar surface area (TPSA) is 77.2 Å². The zero-order valence-electron chi connectivity index (χ0n) is 18.3. The van der Waals surface area contributed by atoms with E-state index < -0.39 is 0 Å².